The Morgan fingerprint density at radius 1 is 1.26 bits per heavy atom. The van der Waals surface area contributed by atoms with Gasteiger partial charge in [0.1, 0.15) is 17.5 Å². The first kappa shape index (κ1) is 16.2. The highest BCUT2D eigenvalue weighted by atomic mass is 32.2. The summed E-state index contributed by atoms with van der Waals surface area (Å²) in [5.41, 5.74) is 0. The van der Waals surface area contributed by atoms with E-state index < -0.39 is 0 Å². The normalized spacial score (nSPS) is 11.6. The van der Waals surface area contributed by atoms with E-state index in [1.54, 1.807) is 11.8 Å². The van der Waals surface area contributed by atoms with Gasteiger partial charge in [-0.25, -0.2) is 9.97 Å². The Bertz CT molecular complexity index is 365. The average molecular weight is 283 g/mol. The van der Waals surface area contributed by atoms with E-state index in [-0.39, 0.29) is 4.75 Å². The van der Waals surface area contributed by atoms with Gasteiger partial charge in [-0.2, -0.15) is 0 Å². The second-order valence-corrected chi connectivity index (χ2v) is 7.13. The van der Waals surface area contributed by atoms with Crippen LogP contribution in [0.2, 0.25) is 0 Å². The van der Waals surface area contributed by atoms with Crippen LogP contribution in [-0.2, 0) is 11.3 Å². The van der Waals surface area contributed by atoms with E-state index in [0.29, 0.717) is 13.2 Å². The molecule has 0 aliphatic heterocycles. The molecule has 1 N–H and O–H groups in total. The van der Waals surface area contributed by atoms with Crippen LogP contribution in [0.1, 0.15) is 46.9 Å². The number of anilines is 1. The fourth-order valence-electron chi connectivity index (χ4n) is 1.44. The third kappa shape index (κ3) is 6.78. The van der Waals surface area contributed by atoms with Gasteiger partial charge in [0.05, 0.1) is 0 Å². The SMILES string of the molecule is CCCNc1cc(SC(C)(C)C)nc(COCC)n1. The van der Waals surface area contributed by atoms with Crippen molar-refractivity contribution in [2.45, 2.75) is 57.4 Å². The van der Waals surface area contributed by atoms with Crippen molar-refractivity contribution in [2.75, 3.05) is 18.5 Å². The first-order chi connectivity index (χ1) is 8.94. The summed E-state index contributed by atoms with van der Waals surface area (Å²) in [4.78, 5) is 9.03. The summed E-state index contributed by atoms with van der Waals surface area (Å²) in [5.74, 6) is 1.63. The first-order valence-corrected chi connectivity index (χ1v) is 7.65. The zero-order valence-corrected chi connectivity index (χ0v) is 13.4. The van der Waals surface area contributed by atoms with E-state index in [1.807, 2.05) is 13.0 Å². The minimum atomic E-state index is 0.138. The molecule has 1 aromatic rings. The molecule has 1 aromatic heterocycles. The molecule has 108 valence electrons. The number of aromatic nitrogens is 2. The molecule has 1 rings (SSSR count). The summed E-state index contributed by atoms with van der Waals surface area (Å²) >= 11 is 1.75. The molecular weight excluding hydrogens is 258 g/mol. The monoisotopic (exact) mass is 283 g/mol. The number of nitrogens with zero attached hydrogens (tertiary/aromatic N) is 2. The number of hydrogen-bond acceptors (Lipinski definition) is 5. The molecule has 0 aliphatic carbocycles. The molecule has 0 aliphatic rings. The van der Waals surface area contributed by atoms with Crippen molar-refractivity contribution >= 4 is 17.6 Å². The van der Waals surface area contributed by atoms with E-state index in [0.717, 1.165) is 29.6 Å². The van der Waals surface area contributed by atoms with Gasteiger partial charge < -0.3 is 10.1 Å². The van der Waals surface area contributed by atoms with Crippen molar-refractivity contribution in [3.63, 3.8) is 0 Å². The second kappa shape index (κ2) is 7.70. The third-order valence-electron chi connectivity index (χ3n) is 2.15. The topological polar surface area (TPSA) is 47.0 Å². The molecule has 0 bridgehead atoms. The number of hydrogen-bond donors (Lipinski definition) is 1. The third-order valence-corrected chi connectivity index (χ3v) is 3.18. The molecule has 0 amide bonds. The number of thioether (sulfide) groups is 1. The van der Waals surface area contributed by atoms with Crippen LogP contribution in [0.15, 0.2) is 11.1 Å². The van der Waals surface area contributed by atoms with Gasteiger partial charge in [0.15, 0.2) is 5.82 Å². The smallest absolute Gasteiger partial charge is 0.157 e. The molecule has 0 spiro atoms. The van der Waals surface area contributed by atoms with Crippen molar-refractivity contribution in [3.05, 3.63) is 11.9 Å². The van der Waals surface area contributed by atoms with Gasteiger partial charge in [-0.1, -0.05) is 27.7 Å². The fraction of sp³-hybridized carbons (Fsp3) is 0.714. The summed E-state index contributed by atoms with van der Waals surface area (Å²) in [6.07, 6.45) is 1.08. The Morgan fingerprint density at radius 2 is 2.00 bits per heavy atom. The van der Waals surface area contributed by atoms with E-state index >= 15 is 0 Å². The molecule has 0 unspecified atom stereocenters. The lowest BCUT2D eigenvalue weighted by Crippen LogP contribution is -2.11. The summed E-state index contributed by atoms with van der Waals surface area (Å²) in [6, 6.07) is 2.01. The van der Waals surface area contributed by atoms with Crippen molar-refractivity contribution in [1.82, 2.24) is 9.97 Å². The molecule has 0 atom stereocenters. The zero-order valence-electron chi connectivity index (χ0n) is 12.6. The molecule has 0 saturated carbocycles. The van der Waals surface area contributed by atoms with Crippen molar-refractivity contribution in [1.29, 1.82) is 0 Å². The van der Waals surface area contributed by atoms with E-state index in [1.165, 1.54) is 0 Å². The van der Waals surface area contributed by atoms with E-state index in [9.17, 15) is 0 Å². The summed E-state index contributed by atoms with van der Waals surface area (Å²) < 4.78 is 5.54. The van der Waals surface area contributed by atoms with Gasteiger partial charge in [0.2, 0.25) is 0 Å². The van der Waals surface area contributed by atoms with E-state index in [4.69, 9.17) is 4.74 Å². The van der Waals surface area contributed by atoms with Crippen LogP contribution >= 0.6 is 11.8 Å². The Labute approximate surface area is 120 Å². The largest absolute Gasteiger partial charge is 0.374 e. The van der Waals surface area contributed by atoms with Crippen LogP contribution in [0, 0.1) is 0 Å². The molecule has 0 aromatic carbocycles. The Morgan fingerprint density at radius 3 is 2.58 bits per heavy atom. The predicted octanol–water partition coefficient (Wildman–Crippen LogP) is 3.73. The molecule has 4 nitrogen and oxygen atoms in total. The maximum atomic E-state index is 5.40. The second-order valence-electron chi connectivity index (χ2n) is 5.29. The van der Waals surface area contributed by atoms with Crippen LogP contribution in [0.25, 0.3) is 0 Å². The molecular formula is C14H25N3OS. The van der Waals surface area contributed by atoms with Gasteiger partial charge >= 0.3 is 0 Å². The number of nitrogens with one attached hydrogen (secondary N) is 1. The maximum absolute atomic E-state index is 5.40. The lowest BCUT2D eigenvalue weighted by molar-refractivity contribution is 0.128. The molecule has 1 heterocycles. The Hall–Kier alpha value is -0.810. The van der Waals surface area contributed by atoms with Crippen LogP contribution < -0.4 is 5.32 Å². The summed E-state index contributed by atoms with van der Waals surface area (Å²) in [5, 5.41) is 4.31. The number of ether oxygens (including phenoxy) is 1. The molecule has 19 heavy (non-hydrogen) atoms. The summed E-state index contributed by atoms with van der Waals surface area (Å²) in [7, 11) is 0. The van der Waals surface area contributed by atoms with Crippen molar-refractivity contribution in [3.8, 4) is 0 Å². The van der Waals surface area contributed by atoms with Crippen molar-refractivity contribution < 1.29 is 4.74 Å². The molecule has 0 radical (unpaired) electrons. The lowest BCUT2D eigenvalue weighted by atomic mass is 10.3. The quantitative estimate of drug-likeness (QED) is 0.610. The van der Waals surface area contributed by atoms with E-state index in [2.05, 4.69) is 43.0 Å². The molecule has 5 heteroatoms. The maximum Gasteiger partial charge on any atom is 0.157 e. The van der Waals surface area contributed by atoms with Gasteiger partial charge in [-0.3, -0.25) is 0 Å². The van der Waals surface area contributed by atoms with Crippen LogP contribution in [0.3, 0.4) is 0 Å². The van der Waals surface area contributed by atoms with Crippen LogP contribution in [-0.4, -0.2) is 27.9 Å². The van der Waals surface area contributed by atoms with Gasteiger partial charge in [-0.15, -0.1) is 11.8 Å². The Kier molecular flexibility index (Phi) is 6.58. The molecule has 0 fully saturated rings. The standard InChI is InChI=1S/C14H25N3OS/c1-6-8-15-11-9-13(19-14(3,4)5)17-12(16-11)10-18-7-2/h9H,6-8,10H2,1-5H3,(H,15,16,17). The minimum absolute atomic E-state index is 0.138. The minimum Gasteiger partial charge on any atom is -0.374 e. The van der Waals surface area contributed by atoms with Gasteiger partial charge in [0, 0.05) is 24.0 Å². The van der Waals surface area contributed by atoms with Crippen LogP contribution in [0.5, 0.6) is 0 Å². The lowest BCUT2D eigenvalue weighted by Gasteiger charge is -2.18. The van der Waals surface area contributed by atoms with Crippen molar-refractivity contribution in [2.24, 2.45) is 0 Å². The average Bonchev–Trinajstić information content (AvgIpc) is 2.31. The van der Waals surface area contributed by atoms with Gasteiger partial charge in [0.25, 0.3) is 0 Å². The number of rotatable bonds is 7. The highest BCUT2D eigenvalue weighted by molar-refractivity contribution is 8.00. The molecule has 0 saturated heterocycles. The summed E-state index contributed by atoms with van der Waals surface area (Å²) in [6.45, 7) is 12.7. The highest BCUT2D eigenvalue weighted by Crippen LogP contribution is 2.31. The zero-order chi connectivity index (χ0) is 14.3. The highest BCUT2D eigenvalue weighted by Gasteiger charge is 2.15. The fourth-order valence-corrected chi connectivity index (χ4v) is 2.39. The Balaban J connectivity index is 2.88. The predicted molar refractivity (Wildman–Crippen MR) is 81.8 cm³/mol. The van der Waals surface area contributed by atoms with Gasteiger partial charge in [-0.05, 0) is 13.3 Å². The van der Waals surface area contributed by atoms with Crippen LogP contribution in [0.4, 0.5) is 5.82 Å². The first-order valence-electron chi connectivity index (χ1n) is 6.83.